The van der Waals surface area contributed by atoms with E-state index >= 15 is 0 Å². The molecule has 0 saturated carbocycles. The number of halogens is 2. The summed E-state index contributed by atoms with van der Waals surface area (Å²) >= 11 is 12.7. The van der Waals surface area contributed by atoms with Gasteiger partial charge in [-0.2, -0.15) is 0 Å². The van der Waals surface area contributed by atoms with Gasteiger partial charge in [0.2, 0.25) is 0 Å². The molecule has 0 amide bonds. The van der Waals surface area contributed by atoms with Crippen LogP contribution in [-0.4, -0.2) is 24.6 Å². The molecule has 0 aliphatic rings. The van der Waals surface area contributed by atoms with E-state index in [0.29, 0.717) is 15.7 Å². The Hall–Kier alpha value is -3.02. The fraction of sp³-hybridized carbons (Fsp3) is 0.167. The zero-order valence-electron chi connectivity index (χ0n) is 17.3. The number of benzene rings is 2. The minimum Gasteiger partial charge on any atom is -0.268 e. The van der Waals surface area contributed by atoms with Crippen LogP contribution in [-0.2, 0) is 5.41 Å². The van der Waals surface area contributed by atoms with Crippen LogP contribution >= 0.6 is 23.2 Å². The molecule has 154 valence electrons. The first-order valence-electron chi connectivity index (χ1n) is 9.89. The Morgan fingerprint density at radius 1 is 0.871 bits per heavy atom. The molecule has 0 aliphatic heterocycles. The van der Waals surface area contributed by atoms with Crippen LogP contribution in [0.5, 0.6) is 0 Å². The van der Waals surface area contributed by atoms with Gasteiger partial charge < -0.3 is 0 Å². The van der Waals surface area contributed by atoms with Crippen molar-refractivity contribution in [3.63, 3.8) is 0 Å². The quantitative estimate of drug-likeness (QED) is 0.305. The smallest absolute Gasteiger partial charge is 0.173 e. The van der Waals surface area contributed by atoms with Crippen molar-refractivity contribution >= 4 is 39.9 Å². The Balaban J connectivity index is 1.91. The molecule has 0 saturated heterocycles. The van der Waals surface area contributed by atoms with Crippen molar-refractivity contribution in [1.82, 2.24) is 24.6 Å². The molecule has 0 unspecified atom stereocenters. The van der Waals surface area contributed by atoms with Crippen molar-refractivity contribution in [2.24, 2.45) is 0 Å². The molecule has 7 heteroatoms. The van der Waals surface area contributed by atoms with E-state index in [9.17, 15) is 0 Å². The lowest BCUT2D eigenvalue weighted by Gasteiger charge is -2.20. The van der Waals surface area contributed by atoms with Crippen molar-refractivity contribution < 1.29 is 0 Å². The minimum absolute atomic E-state index is 0.212. The summed E-state index contributed by atoms with van der Waals surface area (Å²) < 4.78 is 1.94. The zero-order chi connectivity index (χ0) is 21.8. The summed E-state index contributed by atoms with van der Waals surface area (Å²) in [5.74, 6) is 0.844. The van der Waals surface area contributed by atoms with Gasteiger partial charge in [0, 0.05) is 26.6 Å². The van der Waals surface area contributed by atoms with Gasteiger partial charge in [0.25, 0.3) is 0 Å². The molecule has 3 heterocycles. The van der Waals surface area contributed by atoms with Crippen molar-refractivity contribution in [3.05, 3.63) is 76.8 Å². The van der Waals surface area contributed by atoms with E-state index in [0.717, 1.165) is 39.2 Å². The summed E-state index contributed by atoms with van der Waals surface area (Å²) in [6, 6.07) is 17.4. The number of nitrogens with zero attached hydrogens (tertiary/aromatic N) is 5. The maximum absolute atomic E-state index is 6.57. The number of aromatic nitrogens is 5. The lowest BCUT2D eigenvalue weighted by atomic mass is 9.95. The SMILES string of the molecule is CC(C)(C)c1nc2nc(-c3ccccc3Cl)c(-c3ccc(Cl)cc3)cc2c2nncn12. The number of fused-ring (bicyclic) bond motifs is 3. The average molecular weight is 448 g/mol. The van der Waals surface area contributed by atoms with E-state index in [-0.39, 0.29) is 5.41 Å². The second kappa shape index (κ2) is 7.29. The van der Waals surface area contributed by atoms with Crippen LogP contribution in [0.1, 0.15) is 26.6 Å². The highest BCUT2D eigenvalue weighted by Crippen LogP contribution is 2.38. The summed E-state index contributed by atoms with van der Waals surface area (Å²) in [5.41, 5.74) is 4.63. The molecular formula is C24H19Cl2N5. The third-order valence-corrected chi connectivity index (χ3v) is 5.77. The second-order valence-electron chi connectivity index (χ2n) is 8.45. The van der Waals surface area contributed by atoms with Gasteiger partial charge in [0.05, 0.1) is 11.1 Å². The summed E-state index contributed by atoms with van der Waals surface area (Å²) in [5, 5.41) is 10.6. The Morgan fingerprint density at radius 3 is 2.32 bits per heavy atom. The van der Waals surface area contributed by atoms with Crippen LogP contribution in [0.4, 0.5) is 0 Å². The number of pyridine rings is 1. The van der Waals surface area contributed by atoms with Crippen LogP contribution in [0, 0.1) is 0 Å². The Labute approximate surface area is 189 Å². The average Bonchev–Trinajstić information content (AvgIpc) is 3.22. The molecule has 0 radical (unpaired) electrons. The van der Waals surface area contributed by atoms with Gasteiger partial charge in [0.15, 0.2) is 11.3 Å². The molecule has 0 spiro atoms. The van der Waals surface area contributed by atoms with Crippen LogP contribution < -0.4 is 0 Å². The van der Waals surface area contributed by atoms with Gasteiger partial charge in [0.1, 0.15) is 12.2 Å². The molecule has 31 heavy (non-hydrogen) atoms. The number of hydrogen-bond donors (Lipinski definition) is 0. The molecule has 0 atom stereocenters. The van der Waals surface area contributed by atoms with Crippen LogP contribution in [0.25, 0.3) is 39.1 Å². The first-order valence-corrected chi connectivity index (χ1v) is 10.6. The first-order chi connectivity index (χ1) is 14.8. The van der Waals surface area contributed by atoms with Gasteiger partial charge in [-0.3, -0.25) is 4.40 Å². The Bertz CT molecular complexity index is 1430. The zero-order valence-corrected chi connectivity index (χ0v) is 18.8. The fourth-order valence-corrected chi connectivity index (χ4v) is 4.07. The number of rotatable bonds is 2. The maximum Gasteiger partial charge on any atom is 0.173 e. The first kappa shape index (κ1) is 19.9. The topological polar surface area (TPSA) is 56.0 Å². The van der Waals surface area contributed by atoms with Crippen LogP contribution in [0.3, 0.4) is 0 Å². The van der Waals surface area contributed by atoms with Crippen molar-refractivity contribution in [2.45, 2.75) is 26.2 Å². The third-order valence-electron chi connectivity index (χ3n) is 5.19. The van der Waals surface area contributed by atoms with E-state index in [1.54, 1.807) is 6.33 Å². The second-order valence-corrected chi connectivity index (χ2v) is 9.30. The monoisotopic (exact) mass is 447 g/mol. The van der Waals surface area contributed by atoms with Gasteiger partial charge in [-0.05, 0) is 29.8 Å². The molecule has 0 aliphatic carbocycles. The molecule has 3 aromatic heterocycles. The van der Waals surface area contributed by atoms with Crippen molar-refractivity contribution in [2.75, 3.05) is 0 Å². The Kier molecular flexibility index (Phi) is 4.68. The molecular weight excluding hydrogens is 429 g/mol. The van der Waals surface area contributed by atoms with Gasteiger partial charge in [-0.25, -0.2) is 9.97 Å². The summed E-state index contributed by atoms with van der Waals surface area (Å²) in [7, 11) is 0. The highest BCUT2D eigenvalue weighted by Gasteiger charge is 2.24. The summed E-state index contributed by atoms with van der Waals surface area (Å²) in [4.78, 5) is 9.92. The Morgan fingerprint density at radius 2 is 1.61 bits per heavy atom. The summed E-state index contributed by atoms with van der Waals surface area (Å²) in [6.45, 7) is 6.33. The van der Waals surface area contributed by atoms with Crippen LogP contribution in [0.15, 0.2) is 60.9 Å². The molecule has 5 nitrogen and oxygen atoms in total. The molecule has 2 aromatic carbocycles. The lowest BCUT2D eigenvalue weighted by Crippen LogP contribution is -2.19. The van der Waals surface area contributed by atoms with E-state index in [4.69, 9.17) is 33.2 Å². The normalized spacial score (nSPS) is 12.0. The molecule has 0 N–H and O–H groups in total. The number of hydrogen-bond acceptors (Lipinski definition) is 4. The van der Waals surface area contributed by atoms with Crippen LogP contribution in [0.2, 0.25) is 10.0 Å². The van der Waals surface area contributed by atoms with E-state index in [1.165, 1.54) is 0 Å². The lowest BCUT2D eigenvalue weighted by molar-refractivity contribution is 0.538. The fourth-order valence-electron chi connectivity index (χ4n) is 3.72. The summed E-state index contributed by atoms with van der Waals surface area (Å²) in [6.07, 6.45) is 1.70. The molecule has 5 rings (SSSR count). The van der Waals surface area contributed by atoms with Crippen molar-refractivity contribution in [3.8, 4) is 22.4 Å². The van der Waals surface area contributed by atoms with Gasteiger partial charge >= 0.3 is 0 Å². The van der Waals surface area contributed by atoms with E-state index < -0.39 is 0 Å². The highest BCUT2D eigenvalue weighted by atomic mass is 35.5. The maximum atomic E-state index is 6.57. The molecule has 0 bridgehead atoms. The van der Waals surface area contributed by atoms with Gasteiger partial charge in [-0.15, -0.1) is 10.2 Å². The van der Waals surface area contributed by atoms with E-state index in [2.05, 4.69) is 37.0 Å². The van der Waals surface area contributed by atoms with E-state index in [1.807, 2.05) is 52.9 Å². The van der Waals surface area contributed by atoms with Gasteiger partial charge in [-0.1, -0.05) is 74.3 Å². The standard InChI is InChI=1S/C24H19Cl2N5/c1-24(2,3)23-29-21-18(22-30-27-13-31(22)23)12-17(14-8-10-15(25)11-9-14)20(28-21)16-6-4-5-7-19(16)26/h4-13H,1-3H3. The highest BCUT2D eigenvalue weighted by molar-refractivity contribution is 6.33. The minimum atomic E-state index is -0.212. The molecule has 5 aromatic rings. The molecule has 0 fully saturated rings. The predicted molar refractivity (Wildman–Crippen MR) is 126 cm³/mol. The van der Waals surface area contributed by atoms with Crippen molar-refractivity contribution in [1.29, 1.82) is 0 Å². The third kappa shape index (κ3) is 3.44. The predicted octanol–water partition coefficient (Wildman–Crippen LogP) is 6.61. The largest absolute Gasteiger partial charge is 0.268 e.